The SMILES string of the molecule is CCN1CCN(C(=O)[C@@H](C)Sc2nnnn2-c2cccc(Cl)c2)CC1. The topological polar surface area (TPSA) is 67.2 Å². The Bertz CT molecular complexity index is 731. The maximum atomic E-state index is 12.7. The number of thioether (sulfide) groups is 1. The van der Waals surface area contributed by atoms with Gasteiger partial charge in [-0.05, 0) is 42.1 Å². The standard InChI is InChI=1S/C16H21ClN6OS/c1-3-21-7-9-22(10-8-21)15(24)12(2)25-16-18-19-20-23(16)14-6-4-5-13(17)11-14/h4-6,11-12H,3,7-10H2,1-2H3/t12-/m1/s1. The van der Waals surface area contributed by atoms with Gasteiger partial charge < -0.3 is 9.80 Å². The zero-order valence-electron chi connectivity index (χ0n) is 14.3. The highest BCUT2D eigenvalue weighted by Crippen LogP contribution is 2.25. The van der Waals surface area contributed by atoms with Crippen LogP contribution in [-0.4, -0.2) is 73.9 Å². The third-order valence-electron chi connectivity index (χ3n) is 4.25. The molecule has 0 N–H and O–H groups in total. The lowest BCUT2D eigenvalue weighted by Crippen LogP contribution is -2.50. The normalized spacial score (nSPS) is 16.8. The van der Waals surface area contributed by atoms with Crippen LogP contribution in [0.3, 0.4) is 0 Å². The van der Waals surface area contributed by atoms with Gasteiger partial charge in [0.25, 0.3) is 0 Å². The third-order valence-corrected chi connectivity index (χ3v) is 5.51. The van der Waals surface area contributed by atoms with Crippen LogP contribution in [0.1, 0.15) is 13.8 Å². The molecule has 0 radical (unpaired) electrons. The Balaban J connectivity index is 1.67. The lowest BCUT2D eigenvalue weighted by molar-refractivity contribution is -0.132. The van der Waals surface area contributed by atoms with Gasteiger partial charge in [-0.1, -0.05) is 36.4 Å². The van der Waals surface area contributed by atoms with E-state index in [1.54, 1.807) is 16.8 Å². The van der Waals surface area contributed by atoms with Crippen molar-refractivity contribution < 1.29 is 4.79 Å². The number of hydrogen-bond donors (Lipinski definition) is 0. The fourth-order valence-corrected chi connectivity index (χ4v) is 3.85. The van der Waals surface area contributed by atoms with Crippen LogP contribution in [0.25, 0.3) is 5.69 Å². The Kier molecular flexibility index (Phi) is 5.93. The average molecular weight is 381 g/mol. The minimum atomic E-state index is -0.253. The summed E-state index contributed by atoms with van der Waals surface area (Å²) in [6, 6.07) is 7.31. The maximum Gasteiger partial charge on any atom is 0.235 e. The van der Waals surface area contributed by atoms with E-state index < -0.39 is 0 Å². The first kappa shape index (κ1) is 18.2. The molecule has 2 aromatic rings. The first-order chi connectivity index (χ1) is 12.1. The van der Waals surface area contributed by atoms with Crippen LogP contribution in [0.5, 0.6) is 0 Å². The predicted molar refractivity (Wildman–Crippen MR) is 98.2 cm³/mol. The number of aromatic nitrogens is 4. The highest BCUT2D eigenvalue weighted by molar-refractivity contribution is 8.00. The van der Waals surface area contributed by atoms with Gasteiger partial charge in [0, 0.05) is 31.2 Å². The Morgan fingerprint density at radius 1 is 1.32 bits per heavy atom. The molecule has 9 heteroatoms. The molecular weight excluding hydrogens is 360 g/mol. The molecule has 1 aromatic heterocycles. The highest BCUT2D eigenvalue weighted by Gasteiger charge is 2.26. The summed E-state index contributed by atoms with van der Waals surface area (Å²) >= 11 is 7.41. The van der Waals surface area contributed by atoms with E-state index in [9.17, 15) is 4.79 Å². The minimum Gasteiger partial charge on any atom is -0.339 e. The molecule has 25 heavy (non-hydrogen) atoms. The van der Waals surface area contributed by atoms with Crippen molar-refractivity contribution in [3.63, 3.8) is 0 Å². The van der Waals surface area contributed by atoms with Gasteiger partial charge in [-0.25, -0.2) is 0 Å². The number of nitrogens with zero attached hydrogens (tertiary/aromatic N) is 6. The lowest BCUT2D eigenvalue weighted by atomic mass is 10.3. The van der Waals surface area contributed by atoms with Crippen molar-refractivity contribution >= 4 is 29.3 Å². The zero-order chi connectivity index (χ0) is 17.8. The maximum absolute atomic E-state index is 12.7. The van der Waals surface area contributed by atoms with Gasteiger partial charge in [-0.3, -0.25) is 4.79 Å². The number of hydrogen-bond acceptors (Lipinski definition) is 6. The van der Waals surface area contributed by atoms with Gasteiger partial charge in [0.2, 0.25) is 11.1 Å². The zero-order valence-corrected chi connectivity index (χ0v) is 15.9. The van der Waals surface area contributed by atoms with Crippen LogP contribution < -0.4 is 0 Å². The van der Waals surface area contributed by atoms with Gasteiger partial charge in [-0.2, -0.15) is 4.68 Å². The number of likely N-dealkylation sites (N-methyl/N-ethyl adjacent to an activating group) is 1. The minimum absolute atomic E-state index is 0.126. The van der Waals surface area contributed by atoms with Crippen molar-refractivity contribution in [2.45, 2.75) is 24.3 Å². The molecule has 1 amide bonds. The van der Waals surface area contributed by atoms with E-state index in [-0.39, 0.29) is 11.2 Å². The smallest absolute Gasteiger partial charge is 0.235 e. The largest absolute Gasteiger partial charge is 0.339 e. The number of carbonyl (C=O) groups is 1. The molecule has 1 fully saturated rings. The molecule has 0 spiro atoms. The van der Waals surface area contributed by atoms with Gasteiger partial charge in [0.05, 0.1) is 10.9 Å². The van der Waals surface area contributed by atoms with Crippen molar-refractivity contribution in [3.8, 4) is 5.69 Å². The molecule has 1 aliphatic heterocycles. The molecule has 3 rings (SSSR count). The summed E-state index contributed by atoms with van der Waals surface area (Å²) < 4.78 is 1.61. The van der Waals surface area contributed by atoms with E-state index in [1.165, 1.54) is 11.8 Å². The lowest BCUT2D eigenvalue weighted by Gasteiger charge is -2.35. The van der Waals surface area contributed by atoms with Crippen LogP contribution >= 0.6 is 23.4 Å². The number of carbonyl (C=O) groups excluding carboxylic acids is 1. The van der Waals surface area contributed by atoms with Crippen LogP contribution in [-0.2, 0) is 4.79 Å². The second-order valence-electron chi connectivity index (χ2n) is 5.87. The first-order valence-corrected chi connectivity index (χ1v) is 9.56. The summed E-state index contributed by atoms with van der Waals surface area (Å²) in [5, 5.41) is 12.8. The van der Waals surface area contributed by atoms with Gasteiger partial charge >= 0.3 is 0 Å². The Labute approximate surface area is 156 Å². The second kappa shape index (κ2) is 8.16. The number of tetrazole rings is 1. The molecule has 0 unspecified atom stereocenters. The molecule has 1 aromatic carbocycles. The molecular formula is C16H21ClN6OS. The van der Waals surface area contributed by atoms with Crippen molar-refractivity contribution in [2.75, 3.05) is 32.7 Å². The number of amides is 1. The van der Waals surface area contributed by atoms with E-state index in [4.69, 9.17) is 11.6 Å². The Hall–Kier alpha value is -1.64. The number of benzene rings is 1. The summed E-state index contributed by atoms with van der Waals surface area (Å²) in [6.45, 7) is 8.48. The Morgan fingerprint density at radius 2 is 2.08 bits per heavy atom. The van der Waals surface area contributed by atoms with Gasteiger partial charge in [0.1, 0.15) is 0 Å². The van der Waals surface area contributed by atoms with Crippen LogP contribution in [0.4, 0.5) is 0 Å². The van der Waals surface area contributed by atoms with Gasteiger partial charge in [-0.15, -0.1) is 5.10 Å². The third kappa shape index (κ3) is 4.31. The number of halogens is 1. The number of rotatable bonds is 5. The molecule has 0 aliphatic carbocycles. The fraction of sp³-hybridized carbons (Fsp3) is 0.500. The molecule has 134 valence electrons. The van der Waals surface area contributed by atoms with E-state index >= 15 is 0 Å². The molecule has 0 bridgehead atoms. The molecule has 1 atom stereocenters. The summed E-state index contributed by atoms with van der Waals surface area (Å²) in [5.41, 5.74) is 0.774. The summed E-state index contributed by atoms with van der Waals surface area (Å²) in [4.78, 5) is 17.0. The summed E-state index contributed by atoms with van der Waals surface area (Å²) in [6.07, 6.45) is 0. The monoisotopic (exact) mass is 380 g/mol. The van der Waals surface area contributed by atoms with Crippen molar-refractivity contribution in [1.82, 2.24) is 30.0 Å². The van der Waals surface area contributed by atoms with Crippen LogP contribution in [0.15, 0.2) is 29.4 Å². The molecule has 1 saturated heterocycles. The highest BCUT2D eigenvalue weighted by atomic mass is 35.5. The molecule has 7 nitrogen and oxygen atoms in total. The van der Waals surface area contributed by atoms with Crippen LogP contribution in [0.2, 0.25) is 5.02 Å². The predicted octanol–water partition coefficient (Wildman–Crippen LogP) is 1.96. The summed E-state index contributed by atoms with van der Waals surface area (Å²) in [7, 11) is 0. The number of piperazine rings is 1. The molecule has 1 aliphatic rings. The average Bonchev–Trinajstić information content (AvgIpc) is 3.09. The van der Waals surface area contributed by atoms with Gasteiger partial charge in [0.15, 0.2) is 0 Å². The van der Waals surface area contributed by atoms with E-state index in [0.717, 1.165) is 38.4 Å². The first-order valence-electron chi connectivity index (χ1n) is 8.30. The van der Waals surface area contributed by atoms with Crippen molar-refractivity contribution in [3.05, 3.63) is 29.3 Å². The van der Waals surface area contributed by atoms with Crippen molar-refractivity contribution in [2.24, 2.45) is 0 Å². The summed E-state index contributed by atoms with van der Waals surface area (Å²) in [5.74, 6) is 0.126. The van der Waals surface area contributed by atoms with E-state index in [1.807, 2.05) is 24.0 Å². The quantitative estimate of drug-likeness (QED) is 0.739. The Morgan fingerprint density at radius 3 is 2.76 bits per heavy atom. The second-order valence-corrected chi connectivity index (χ2v) is 7.62. The molecule has 0 saturated carbocycles. The molecule has 2 heterocycles. The van der Waals surface area contributed by atoms with Crippen LogP contribution in [0, 0.1) is 0 Å². The fourth-order valence-electron chi connectivity index (χ4n) is 2.77. The van der Waals surface area contributed by atoms with Crippen molar-refractivity contribution in [1.29, 1.82) is 0 Å². The van der Waals surface area contributed by atoms with E-state index in [0.29, 0.717) is 10.2 Å². The van der Waals surface area contributed by atoms with E-state index in [2.05, 4.69) is 27.3 Å².